The van der Waals surface area contributed by atoms with Gasteiger partial charge in [-0.15, -0.1) is 11.3 Å². The van der Waals surface area contributed by atoms with Gasteiger partial charge in [0.15, 0.2) is 10.6 Å². The fourth-order valence-electron chi connectivity index (χ4n) is 3.55. The molecule has 0 N–H and O–H groups in total. The van der Waals surface area contributed by atoms with Crippen molar-refractivity contribution in [2.75, 3.05) is 4.90 Å². The molecule has 1 aliphatic rings. The van der Waals surface area contributed by atoms with Crippen LogP contribution in [0, 0.1) is 6.92 Å². The molecule has 1 amide bonds. The summed E-state index contributed by atoms with van der Waals surface area (Å²) in [7, 11) is 0. The quantitative estimate of drug-likeness (QED) is 0.470. The highest BCUT2D eigenvalue weighted by Crippen LogP contribution is 2.42. The lowest BCUT2D eigenvalue weighted by Crippen LogP contribution is -2.29. The van der Waals surface area contributed by atoms with Crippen molar-refractivity contribution in [2.45, 2.75) is 13.0 Å². The van der Waals surface area contributed by atoms with Crippen molar-refractivity contribution in [1.29, 1.82) is 0 Å². The number of thiazole rings is 1. The molecule has 2 aromatic carbocycles. The Labute approximate surface area is 168 Å². The van der Waals surface area contributed by atoms with E-state index < -0.39 is 6.04 Å². The summed E-state index contributed by atoms with van der Waals surface area (Å²) in [5, 5.41) is 3.20. The molecule has 5 nitrogen and oxygen atoms in total. The minimum Gasteiger partial charge on any atom is -0.450 e. The third-order valence-electron chi connectivity index (χ3n) is 4.76. The van der Waals surface area contributed by atoms with Crippen LogP contribution in [0.3, 0.4) is 0 Å². The second-order valence-corrected chi connectivity index (χ2v) is 7.85. The van der Waals surface area contributed by atoms with Crippen LogP contribution in [-0.2, 0) is 0 Å². The summed E-state index contributed by atoms with van der Waals surface area (Å²) in [4.78, 5) is 32.7. The fraction of sp³-hybridized carbons (Fsp3) is 0.0952. The van der Waals surface area contributed by atoms with Crippen molar-refractivity contribution < 1.29 is 9.21 Å². The third-order valence-corrected chi connectivity index (χ3v) is 5.95. The Bertz CT molecular complexity index is 1300. The van der Waals surface area contributed by atoms with Gasteiger partial charge in [-0.25, -0.2) is 4.98 Å². The van der Waals surface area contributed by atoms with Gasteiger partial charge in [-0.2, -0.15) is 0 Å². The lowest BCUT2D eigenvalue weighted by Gasteiger charge is -2.22. The number of rotatable bonds is 2. The van der Waals surface area contributed by atoms with Gasteiger partial charge in [0, 0.05) is 10.4 Å². The van der Waals surface area contributed by atoms with Gasteiger partial charge in [0.1, 0.15) is 5.58 Å². The van der Waals surface area contributed by atoms with E-state index in [1.807, 2.05) is 42.6 Å². The van der Waals surface area contributed by atoms with Crippen LogP contribution in [0.25, 0.3) is 11.0 Å². The largest absolute Gasteiger partial charge is 0.450 e. The van der Waals surface area contributed by atoms with Gasteiger partial charge in [0.25, 0.3) is 5.91 Å². The van der Waals surface area contributed by atoms with E-state index in [0.717, 1.165) is 11.3 Å². The molecule has 7 heteroatoms. The Balaban J connectivity index is 1.84. The Morgan fingerprint density at radius 3 is 2.64 bits per heavy atom. The highest BCUT2D eigenvalue weighted by molar-refractivity contribution is 7.14. The van der Waals surface area contributed by atoms with E-state index >= 15 is 0 Å². The number of carbonyl (C=O) groups excluding carboxylic acids is 1. The summed E-state index contributed by atoms with van der Waals surface area (Å²) in [5.74, 6) is -0.311. The molecule has 1 atom stereocenters. The molecule has 0 fully saturated rings. The lowest BCUT2D eigenvalue weighted by atomic mass is 9.99. The van der Waals surface area contributed by atoms with Crippen molar-refractivity contribution in [2.24, 2.45) is 0 Å². The zero-order chi connectivity index (χ0) is 19.4. The van der Waals surface area contributed by atoms with Gasteiger partial charge in [-0.1, -0.05) is 41.9 Å². The predicted molar refractivity (Wildman–Crippen MR) is 109 cm³/mol. The van der Waals surface area contributed by atoms with Gasteiger partial charge in [-0.3, -0.25) is 14.5 Å². The summed E-state index contributed by atoms with van der Waals surface area (Å²) in [5.41, 5.74) is 2.03. The first-order valence-electron chi connectivity index (χ1n) is 8.61. The highest BCUT2D eigenvalue weighted by Gasteiger charge is 2.44. The first-order valence-corrected chi connectivity index (χ1v) is 9.87. The van der Waals surface area contributed by atoms with Crippen LogP contribution in [0.1, 0.15) is 33.4 Å². The molecular formula is C21H13ClN2O3S. The average molecular weight is 409 g/mol. The molecule has 28 heavy (non-hydrogen) atoms. The third kappa shape index (κ3) is 2.49. The van der Waals surface area contributed by atoms with Crippen molar-refractivity contribution in [1.82, 2.24) is 4.98 Å². The van der Waals surface area contributed by atoms with E-state index in [2.05, 4.69) is 4.98 Å². The molecule has 1 aliphatic heterocycles. The van der Waals surface area contributed by atoms with Gasteiger partial charge in [-0.05, 0) is 30.7 Å². The molecule has 0 saturated carbocycles. The molecule has 0 aliphatic carbocycles. The zero-order valence-electron chi connectivity index (χ0n) is 14.7. The van der Waals surface area contributed by atoms with Crippen molar-refractivity contribution >= 4 is 44.9 Å². The first-order chi connectivity index (χ1) is 13.5. The second kappa shape index (κ2) is 6.29. The minimum atomic E-state index is -0.603. The maximum absolute atomic E-state index is 13.4. The van der Waals surface area contributed by atoms with Gasteiger partial charge in [0.2, 0.25) is 5.76 Å². The molecule has 1 unspecified atom stereocenters. The first kappa shape index (κ1) is 17.2. The highest BCUT2D eigenvalue weighted by atomic mass is 35.5. The fourth-order valence-corrected chi connectivity index (χ4v) is 4.54. The van der Waals surface area contributed by atoms with E-state index in [4.69, 9.17) is 16.0 Å². The maximum Gasteiger partial charge on any atom is 0.297 e. The lowest BCUT2D eigenvalue weighted by molar-refractivity contribution is 0.0971. The Kier molecular flexibility index (Phi) is 3.86. The number of nitrogens with zero attached hydrogens (tertiary/aromatic N) is 2. The molecule has 4 aromatic rings. The smallest absolute Gasteiger partial charge is 0.297 e. The standard InChI is InChI=1S/C21H13ClN2O3S/c1-11-10-28-21(23-11)24-17(12-5-3-2-4-6-12)16-18(25)14-9-13(22)7-8-15(14)27-19(16)20(24)26/h2-10,17H,1H3. The van der Waals surface area contributed by atoms with E-state index in [1.54, 1.807) is 23.1 Å². The van der Waals surface area contributed by atoms with Crippen LogP contribution in [0.2, 0.25) is 5.02 Å². The number of hydrogen-bond donors (Lipinski definition) is 0. The molecule has 0 bridgehead atoms. The van der Waals surface area contributed by atoms with Gasteiger partial charge in [0.05, 0.1) is 22.7 Å². The zero-order valence-corrected chi connectivity index (χ0v) is 16.3. The molecule has 0 saturated heterocycles. The van der Waals surface area contributed by atoms with Crippen molar-refractivity contribution in [3.8, 4) is 0 Å². The Hall–Kier alpha value is -2.96. The molecular weight excluding hydrogens is 396 g/mol. The van der Waals surface area contributed by atoms with E-state index in [0.29, 0.717) is 26.7 Å². The number of halogens is 1. The van der Waals surface area contributed by atoms with Crippen molar-refractivity contribution in [3.05, 3.63) is 91.7 Å². The van der Waals surface area contributed by atoms with Gasteiger partial charge >= 0.3 is 0 Å². The van der Waals surface area contributed by atoms with Crippen LogP contribution < -0.4 is 10.3 Å². The average Bonchev–Trinajstić information content (AvgIpc) is 3.24. The van der Waals surface area contributed by atoms with Crippen LogP contribution in [0.15, 0.2) is 63.1 Å². The summed E-state index contributed by atoms with van der Waals surface area (Å²) in [6, 6.07) is 13.6. The molecule has 0 radical (unpaired) electrons. The number of benzene rings is 2. The number of hydrogen-bond acceptors (Lipinski definition) is 5. The topological polar surface area (TPSA) is 63.4 Å². The number of amides is 1. The second-order valence-electron chi connectivity index (χ2n) is 6.57. The van der Waals surface area contributed by atoms with Crippen molar-refractivity contribution in [3.63, 3.8) is 0 Å². The molecule has 2 aromatic heterocycles. The van der Waals surface area contributed by atoms with Crippen LogP contribution in [0.4, 0.5) is 5.13 Å². The van der Waals surface area contributed by atoms with E-state index in [-0.39, 0.29) is 17.1 Å². The summed E-state index contributed by atoms with van der Waals surface area (Å²) in [6.07, 6.45) is 0. The molecule has 0 spiro atoms. The summed E-state index contributed by atoms with van der Waals surface area (Å²) < 4.78 is 5.89. The monoisotopic (exact) mass is 408 g/mol. The Morgan fingerprint density at radius 2 is 1.93 bits per heavy atom. The number of aromatic nitrogens is 1. The number of aryl methyl sites for hydroxylation is 1. The summed E-state index contributed by atoms with van der Waals surface area (Å²) in [6.45, 7) is 1.87. The molecule has 138 valence electrons. The molecule has 5 rings (SSSR count). The Morgan fingerprint density at radius 1 is 1.14 bits per heavy atom. The molecule has 3 heterocycles. The normalized spacial score (nSPS) is 16.0. The number of anilines is 1. The van der Waals surface area contributed by atoms with E-state index in [9.17, 15) is 9.59 Å². The number of fused-ring (bicyclic) bond motifs is 2. The summed E-state index contributed by atoms with van der Waals surface area (Å²) >= 11 is 7.45. The van der Waals surface area contributed by atoms with Crippen LogP contribution in [-0.4, -0.2) is 10.9 Å². The van der Waals surface area contributed by atoms with E-state index in [1.165, 1.54) is 11.3 Å². The van der Waals surface area contributed by atoms with Gasteiger partial charge < -0.3 is 4.42 Å². The number of carbonyl (C=O) groups is 1. The SMILES string of the molecule is Cc1csc(N2C(=O)c3oc4ccc(Cl)cc4c(=O)c3C2c2ccccc2)n1. The predicted octanol–water partition coefficient (Wildman–Crippen LogP) is 4.96. The van der Waals surface area contributed by atoms with Crippen LogP contribution in [0.5, 0.6) is 0 Å². The van der Waals surface area contributed by atoms with Crippen LogP contribution >= 0.6 is 22.9 Å². The minimum absolute atomic E-state index is 0.0570. The maximum atomic E-state index is 13.4.